The summed E-state index contributed by atoms with van der Waals surface area (Å²) in [5.41, 5.74) is 3.10. The van der Waals surface area contributed by atoms with Gasteiger partial charge >= 0.3 is 0 Å². The number of rotatable bonds is 1. The molecular weight excluding hydrogens is 260 g/mol. The average molecular weight is 286 g/mol. The van der Waals surface area contributed by atoms with E-state index in [0.29, 0.717) is 6.04 Å². The molecule has 2 aliphatic heterocycles. The van der Waals surface area contributed by atoms with Crippen molar-refractivity contribution < 1.29 is 4.74 Å². The zero-order chi connectivity index (χ0) is 14.1. The summed E-state index contributed by atoms with van der Waals surface area (Å²) in [6.45, 7) is 4.15. The summed E-state index contributed by atoms with van der Waals surface area (Å²) in [5, 5.41) is 3.56. The van der Waals surface area contributed by atoms with Gasteiger partial charge in [0, 0.05) is 38.0 Å². The second kappa shape index (κ2) is 5.62. The summed E-state index contributed by atoms with van der Waals surface area (Å²) in [6, 6.07) is 9.57. The third kappa shape index (κ3) is 2.58. The van der Waals surface area contributed by atoms with Gasteiger partial charge in [0.1, 0.15) is 0 Å². The van der Waals surface area contributed by atoms with Crippen LogP contribution in [-0.2, 0) is 11.3 Å². The van der Waals surface area contributed by atoms with Crippen molar-refractivity contribution in [3.05, 3.63) is 29.8 Å². The van der Waals surface area contributed by atoms with E-state index in [-0.39, 0.29) is 5.60 Å². The summed E-state index contributed by atoms with van der Waals surface area (Å²) in [5.74, 6) is 0. The van der Waals surface area contributed by atoms with Gasteiger partial charge in [-0.2, -0.15) is 0 Å². The first-order valence-corrected chi connectivity index (χ1v) is 8.56. The number of fused-ring (bicyclic) bond motifs is 1. The fourth-order valence-electron chi connectivity index (χ4n) is 4.50. The van der Waals surface area contributed by atoms with Gasteiger partial charge in [-0.1, -0.05) is 31.0 Å². The smallest absolute Gasteiger partial charge is 0.0702 e. The monoisotopic (exact) mass is 286 g/mol. The van der Waals surface area contributed by atoms with Crippen molar-refractivity contribution >= 4 is 5.69 Å². The van der Waals surface area contributed by atoms with Crippen molar-refractivity contribution in [1.82, 2.24) is 5.32 Å². The topological polar surface area (TPSA) is 24.5 Å². The van der Waals surface area contributed by atoms with Crippen LogP contribution in [0.5, 0.6) is 0 Å². The lowest BCUT2D eigenvalue weighted by atomic mass is 9.87. The van der Waals surface area contributed by atoms with E-state index >= 15 is 0 Å². The van der Waals surface area contributed by atoms with Gasteiger partial charge in [0.2, 0.25) is 0 Å². The average Bonchev–Trinajstić information content (AvgIpc) is 2.85. The van der Waals surface area contributed by atoms with E-state index in [2.05, 4.69) is 34.5 Å². The van der Waals surface area contributed by atoms with Crippen LogP contribution in [0.25, 0.3) is 0 Å². The molecule has 3 aliphatic rings. The summed E-state index contributed by atoms with van der Waals surface area (Å²) in [7, 11) is 0. The maximum atomic E-state index is 6.22. The van der Waals surface area contributed by atoms with E-state index in [1.807, 2.05) is 0 Å². The molecule has 2 fully saturated rings. The van der Waals surface area contributed by atoms with Crippen molar-refractivity contribution in [3.63, 3.8) is 0 Å². The van der Waals surface area contributed by atoms with Crippen LogP contribution in [0.4, 0.5) is 5.69 Å². The number of ether oxygens (including phenoxy) is 1. The lowest BCUT2D eigenvalue weighted by Crippen LogP contribution is -2.48. The molecule has 0 radical (unpaired) electrons. The minimum Gasteiger partial charge on any atom is -0.375 e. The summed E-state index contributed by atoms with van der Waals surface area (Å²) in [6.07, 6.45) is 7.65. The fraction of sp³-hybridized carbons (Fsp3) is 0.667. The molecule has 1 saturated carbocycles. The van der Waals surface area contributed by atoms with Gasteiger partial charge in [0.15, 0.2) is 0 Å². The van der Waals surface area contributed by atoms with Gasteiger partial charge in [0.05, 0.1) is 5.60 Å². The van der Waals surface area contributed by atoms with Crippen molar-refractivity contribution in [2.24, 2.45) is 0 Å². The van der Waals surface area contributed by atoms with E-state index in [1.54, 1.807) is 0 Å². The van der Waals surface area contributed by atoms with Crippen molar-refractivity contribution in [2.45, 2.75) is 56.7 Å². The highest BCUT2D eigenvalue weighted by Crippen LogP contribution is 2.42. The van der Waals surface area contributed by atoms with E-state index in [4.69, 9.17) is 4.74 Å². The lowest BCUT2D eigenvalue weighted by molar-refractivity contribution is -0.0799. The normalized spacial score (nSPS) is 28.4. The van der Waals surface area contributed by atoms with E-state index in [1.165, 1.54) is 49.8 Å². The molecule has 1 atom stereocenters. The predicted octanol–water partition coefficient (Wildman–Crippen LogP) is 3.09. The highest BCUT2D eigenvalue weighted by molar-refractivity contribution is 5.55. The Balaban J connectivity index is 1.60. The second-order valence-corrected chi connectivity index (χ2v) is 6.88. The van der Waals surface area contributed by atoms with Crippen molar-refractivity contribution in [2.75, 3.05) is 24.6 Å². The van der Waals surface area contributed by atoms with E-state index < -0.39 is 0 Å². The Kier molecular flexibility index (Phi) is 3.64. The highest BCUT2D eigenvalue weighted by atomic mass is 16.5. The number of para-hydroxylation sites is 1. The van der Waals surface area contributed by atoms with Crippen molar-refractivity contribution in [3.8, 4) is 0 Å². The standard InChI is InChI=1S/C18H26N2O/c1-2-6-17-15(5-1)14-19-10-11-20(17)16-7-12-21-18(13-16)8-3-4-9-18/h1-2,5-6,16,19H,3-4,7-14H2. The van der Waals surface area contributed by atoms with Crippen LogP contribution in [0.3, 0.4) is 0 Å². The molecule has 0 aromatic heterocycles. The third-order valence-electron chi connectivity index (χ3n) is 5.57. The minimum atomic E-state index is 0.206. The largest absolute Gasteiger partial charge is 0.375 e. The van der Waals surface area contributed by atoms with Crippen LogP contribution in [0.2, 0.25) is 0 Å². The molecule has 0 amide bonds. The Bertz CT molecular complexity index is 496. The Morgan fingerprint density at radius 2 is 2.05 bits per heavy atom. The molecule has 21 heavy (non-hydrogen) atoms. The second-order valence-electron chi connectivity index (χ2n) is 6.88. The molecule has 1 saturated heterocycles. The molecular formula is C18H26N2O. The molecule has 2 heterocycles. The Morgan fingerprint density at radius 3 is 2.95 bits per heavy atom. The quantitative estimate of drug-likeness (QED) is 0.858. The number of hydrogen-bond donors (Lipinski definition) is 1. The maximum Gasteiger partial charge on any atom is 0.0702 e. The summed E-state index contributed by atoms with van der Waals surface area (Å²) < 4.78 is 6.22. The molecule has 1 aliphatic carbocycles. The van der Waals surface area contributed by atoms with Gasteiger partial charge in [0.25, 0.3) is 0 Å². The highest BCUT2D eigenvalue weighted by Gasteiger charge is 2.41. The first-order valence-electron chi connectivity index (χ1n) is 8.56. The molecule has 4 rings (SSSR count). The SMILES string of the molecule is c1ccc2c(c1)CNCCN2C1CCOC2(CCCC2)C1. The number of hydrogen-bond acceptors (Lipinski definition) is 3. The number of nitrogens with zero attached hydrogens (tertiary/aromatic N) is 1. The summed E-state index contributed by atoms with van der Waals surface area (Å²) in [4.78, 5) is 2.66. The molecule has 1 aromatic carbocycles. The van der Waals surface area contributed by atoms with Crippen LogP contribution >= 0.6 is 0 Å². The molecule has 1 unspecified atom stereocenters. The third-order valence-corrected chi connectivity index (χ3v) is 5.57. The van der Waals surface area contributed by atoms with Crippen LogP contribution in [0.1, 0.15) is 44.1 Å². The Morgan fingerprint density at radius 1 is 1.19 bits per heavy atom. The zero-order valence-electron chi connectivity index (χ0n) is 12.8. The number of benzene rings is 1. The fourth-order valence-corrected chi connectivity index (χ4v) is 4.50. The number of anilines is 1. The Labute approximate surface area is 127 Å². The lowest BCUT2D eigenvalue weighted by Gasteiger charge is -2.44. The van der Waals surface area contributed by atoms with Crippen LogP contribution in [0.15, 0.2) is 24.3 Å². The van der Waals surface area contributed by atoms with Crippen LogP contribution < -0.4 is 10.2 Å². The van der Waals surface area contributed by atoms with E-state index in [0.717, 1.165) is 26.2 Å². The van der Waals surface area contributed by atoms with Crippen LogP contribution in [0, 0.1) is 0 Å². The van der Waals surface area contributed by atoms with Gasteiger partial charge < -0.3 is 15.0 Å². The van der Waals surface area contributed by atoms with E-state index in [9.17, 15) is 0 Å². The molecule has 3 heteroatoms. The first-order chi connectivity index (χ1) is 10.4. The molecule has 114 valence electrons. The summed E-state index contributed by atoms with van der Waals surface area (Å²) >= 11 is 0. The molecule has 0 bridgehead atoms. The molecule has 3 nitrogen and oxygen atoms in total. The maximum absolute atomic E-state index is 6.22. The van der Waals surface area contributed by atoms with Gasteiger partial charge in [-0.3, -0.25) is 0 Å². The first kappa shape index (κ1) is 13.6. The van der Waals surface area contributed by atoms with Gasteiger partial charge in [-0.25, -0.2) is 0 Å². The van der Waals surface area contributed by atoms with Gasteiger partial charge in [-0.05, 0) is 37.3 Å². The zero-order valence-corrected chi connectivity index (χ0v) is 12.8. The van der Waals surface area contributed by atoms with Gasteiger partial charge in [-0.15, -0.1) is 0 Å². The molecule has 1 N–H and O–H groups in total. The predicted molar refractivity (Wildman–Crippen MR) is 85.7 cm³/mol. The Hall–Kier alpha value is -1.06. The van der Waals surface area contributed by atoms with Crippen molar-refractivity contribution in [1.29, 1.82) is 0 Å². The molecule has 1 spiro atoms. The number of nitrogens with one attached hydrogen (secondary N) is 1. The molecule has 1 aromatic rings. The minimum absolute atomic E-state index is 0.206. The van der Waals surface area contributed by atoms with Crippen LogP contribution in [-0.4, -0.2) is 31.3 Å².